The Morgan fingerprint density at radius 2 is 1.84 bits per heavy atom. The Kier molecular flexibility index (Phi) is 3.17. The minimum absolute atomic E-state index is 0.504. The van der Waals surface area contributed by atoms with E-state index in [1.165, 1.54) is 0 Å². The SMILES string of the molecule is Cc1cc(Br)ccc1Oc1cnc2ccccc2n1. The molecule has 94 valence electrons. The zero-order valence-corrected chi connectivity index (χ0v) is 11.9. The summed E-state index contributed by atoms with van der Waals surface area (Å²) in [5, 5.41) is 0. The van der Waals surface area contributed by atoms with E-state index in [2.05, 4.69) is 25.9 Å². The van der Waals surface area contributed by atoms with E-state index in [0.717, 1.165) is 26.8 Å². The van der Waals surface area contributed by atoms with Gasteiger partial charge in [0.05, 0.1) is 17.2 Å². The second kappa shape index (κ2) is 4.97. The molecule has 0 aliphatic carbocycles. The van der Waals surface area contributed by atoms with Crippen LogP contribution < -0.4 is 4.74 Å². The van der Waals surface area contributed by atoms with Gasteiger partial charge in [0.15, 0.2) is 0 Å². The monoisotopic (exact) mass is 314 g/mol. The summed E-state index contributed by atoms with van der Waals surface area (Å²) in [5.41, 5.74) is 2.74. The normalized spacial score (nSPS) is 10.6. The minimum atomic E-state index is 0.504. The second-order valence-electron chi connectivity index (χ2n) is 4.21. The topological polar surface area (TPSA) is 35.0 Å². The van der Waals surface area contributed by atoms with E-state index in [9.17, 15) is 0 Å². The van der Waals surface area contributed by atoms with E-state index >= 15 is 0 Å². The lowest BCUT2D eigenvalue weighted by Gasteiger charge is -2.08. The summed E-state index contributed by atoms with van der Waals surface area (Å²) >= 11 is 3.43. The molecule has 0 bridgehead atoms. The molecule has 1 heterocycles. The summed E-state index contributed by atoms with van der Waals surface area (Å²) in [6, 6.07) is 13.6. The summed E-state index contributed by atoms with van der Waals surface area (Å²) in [6.07, 6.45) is 1.64. The molecule has 0 saturated heterocycles. The number of benzene rings is 2. The molecule has 0 spiro atoms. The zero-order chi connectivity index (χ0) is 13.2. The molecule has 0 saturated carbocycles. The Balaban J connectivity index is 1.96. The van der Waals surface area contributed by atoms with Gasteiger partial charge in [-0.05, 0) is 42.8 Å². The molecule has 0 aliphatic rings. The number of aryl methyl sites for hydroxylation is 1. The van der Waals surface area contributed by atoms with Crippen LogP contribution in [0.15, 0.2) is 53.1 Å². The molecular formula is C15H11BrN2O. The molecule has 0 amide bonds. The molecule has 0 fully saturated rings. The van der Waals surface area contributed by atoms with Gasteiger partial charge in [-0.25, -0.2) is 9.97 Å². The maximum absolute atomic E-state index is 5.78. The van der Waals surface area contributed by atoms with Gasteiger partial charge >= 0.3 is 0 Å². The maximum atomic E-state index is 5.78. The molecular weight excluding hydrogens is 304 g/mol. The third-order valence-corrected chi connectivity index (χ3v) is 3.27. The third-order valence-electron chi connectivity index (χ3n) is 2.78. The molecule has 0 radical (unpaired) electrons. The molecule has 3 rings (SSSR count). The van der Waals surface area contributed by atoms with Crippen LogP contribution in [-0.2, 0) is 0 Å². The van der Waals surface area contributed by atoms with Gasteiger partial charge in [0.25, 0.3) is 0 Å². The van der Waals surface area contributed by atoms with Crippen LogP contribution in [0.5, 0.6) is 11.6 Å². The van der Waals surface area contributed by atoms with Gasteiger partial charge in [-0.1, -0.05) is 28.1 Å². The van der Waals surface area contributed by atoms with Crippen molar-refractivity contribution in [1.29, 1.82) is 0 Å². The molecule has 0 N–H and O–H groups in total. The van der Waals surface area contributed by atoms with Crippen molar-refractivity contribution in [3.05, 3.63) is 58.7 Å². The number of halogens is 1. The molecule has 3 aromatic rings. The van der Waals surface area contributed by atoms with Crippen LogP contribution in [0.25, 0.3) is 11.0 Å². The quantitative estimate of drug-likeness (QED) is 0.699. The first-order valence-corrected chi connectivity index (χ1v) is 6.67. The molecule has 4 heteroatoms. The molecule has 0 unspecified atom stereocenters. The van der Waals surface area contributed by atoms with Crippen molar-refractivity contribution in [3.63, 3.8) is 0 Å². The lowest BCUT2D eigenvalue weighted by atomic mass is 10.2. The summed E-state index contributed by atoms with van der Waals surface area (Å²) in [4.78, 5) is 8.77. The number of ether oxygens (including phenoxy) is 1. The van der Waals surface area contributed by atoms with E-state index in [1.807, 2.05) is 49.4 Å². The van der Waals surface area contributed by atoms with Gasteiger partial charge < -0.3 is 4.74 Å². The Morgan fingerprint density at radius 1 is 1.05 bits per heavy atom. The van der Waals surface area contributed by atoms with Gasteiger partial charge in [0.2, 0.25) is 5.88 Å². The van der Waals surface area contributed by atoms with Gasteiger partial charge in [-0.3, -0.25) is 0 Å². The van der Waals surface area contributed by atoms with Crippen molar-refractivity contribution in [3.8, 4) is 11.6 Å². The smallest absolute Gasteiger partial charge is 0.238 e. The fourth-order valence-electron chi connectivity index (χ4n) is 1.83. The Labute approximate surface area is 119 Å². The maximum Gasteiger partial charge on any atom is 0.238 e. The standard InChI is InChI=1S/C15H11BrN2O/c1-10-8-11(16)6-7-14(10)19-15-9-17-12-4-2-3-5-13(12)18-15/h2-9H,1H3. The van der Waals surface area contributed by atoms with Crippen LogP contribution in [0.2, 0.25) is 0 Å². The Morgan fingerprint density at radius 3 is 2.63 bits per heavy atom. The highest BCUT2D eigenvalue weighted by Crippen LogP contribution is 2.26. The first kappa shape index (κ1) is 12.1. The highest BCUT2D eigenvalue weighted by Gasteiger charge is 2.04. The van der Waals surface area contributed by atoms with Crippen molar-refractivity contribution in [2.24, 2.45) is 0 Å². The fourth-order valence-corrected chi connectivity index (χ4v) is 2.30. The number of hydrogen-bond donors (Lipinski definition) is 0. The highest BCUT2D eigenvalue weighted by atomic mass is 79.9. The summed E-state index contributed by atoms with van der Waals surface area (Å²) in [6.45, 7) is 1.99. The number of rotatable bonds is 2. The number of fused-ring (bicyclic) bond motifs is 1. The van der Waals surface area contributed by atoms with Crippen LogP contribution >= 0.6 is 15.9 Å². The fraction of sp³-hybridized carbons (Fsp3) is 0.0667. The Bertz CT molecular complexity index is 743. The average molecular weight is 315 g/mol. The van der Waals surface area contributed by atoms with Crippen LogP contribution in [-0.4, -0.2) is 9.97 Å². The van der Waals surface area contributed by atoms with E-state index in [-0.39, 0.29) is 0 Å². The molecule has 0 atom stereocenters. The van der Waals surface area contributed by atoms with Crippen molar-refractivity contribution in [2.45, 2.75) is 6.92 Å². The summed E-state index contributed by atoms with van der Waals surface area (Å²) < 4.78 is 6.81. The number of para-hydroxylation sites is 2. The molecule has 19 heavy (non-hydrogen) atoms. The van der Waals surface area contributed by atoms with Crippen LogP contribution in [0.4, 0.5) is 0 Å². The largest absolute Gasteiger partial charge is 0.437 e. The van der Waals surface area contributed by atoms with Crippen LogP contribution in [0.3, 0.4) is 0 Å². The van der Waals surface area contributed by atoms with Crippen molar-refractivity contribution in [2.75, 3.05) is 0 Å². The van der Waals surface area contributed by atoms with Crippen molar-refractivity contribution in [1.82, 2.24) is 9.97 Å². The molecule has 0 aliphatic heterocycles. The van der Waals surface area contributed by atoms with E-state index in [0.29, 0.717) is 5.88 Å². The molecule has 2 aromatic carbocycles. The van der Waals surface area contributed by atoms with Gasteiger partial charge in [0.1, 0.15) is 5.75 Å². The predicted octanol–water partition coefficient (Wildman–Crippen LogP) is 4.49. The highest BCUT2D eigenvalue weighted by molar-refractivity contribution is 9.10. The van der Waals surface area contributed by atoms with E-state index in [4.69, 9.17) is 4.74 Å². The number of aromatic nitrogens is 2. The average Bonchev–Trinajstić information content (AvgIpc) is 2.42. The van der Waals surface area contributed by atoms with Gasteiger partial charge in [-0.15, -0.1) is 0 Å². The van der Waals surface area contributed by atoms with Gasteiger partial charge in [0, 0.05) is 4.47 Å². The van der Waals surface area contributed by atoms with Crippen molar-refractivity contribution < 1.29 is 4.74 Å². The summed E-state index contributed by atoms with van der Waals surface area (Å²) in [7, 11) is 0. The summed E-state index contributed by atoms with van der Waals surface area (Å²) in [5.74, 6) is 1.29. The minimum Gasteiger partial charge on any atom is -0.437 e. The predicted molar refractivity (Wildman–Crippen MR) is 78.5 cm³/mol. The van der Waals surface area contributed by atoms with E-state index < -0.39 is 0 Å². The first-order valence-electron chi connectivity index (χ1n) is 5.88. The van der Waals surface area contributed by atoms with Gasteiger partial charge in [-0.2, -0.15) is 0 Å². The Hall–Kier alpha value is -1.94. The number of nitrogens with zero attached hydrogens (tertiary/aromatic N) is 2. The lowest BCUT2D eigenvalue weighted by Crippen LogP contribution is -1.92. The van der Waals surface area contributed by atoms with E-state index in [1.54, 1.807) is 6.20 Å². The lowest BCUT2D eigenvalue weighted by molar-refractivity contribution is 0.459. The first-order chi connectivity index (χ1) is 9.22. The zero-order valence-electron chi connectivity index (χ0n) is 10.3. The van der Waals surface area contributed by atoms with Crippen LogP contribution in [0, 0.1) is 6.92 Å². The second-order valence-corrected chi connectivity index (χ2v) is 5.12. The third kappa shape index (κ3) is 2.58. The molecule has 3 nitrogen and oxygen atoms in total. The van der Waals surface area contributed by atoms with Crippen LogP contribution in [0.1, 0.15) is 5.56 Å². The molecule has 1 aromatic heterocycles. The number of hydrogen-bond acceptors (Lipinski definition) is 3. The van der Waals surface area contributed by atoms with Crippen molar-refractivity contribution >= 4 is 27.0 Å².